The Morgan fingerprint density at radius 1 is 0.971 bits per heavy atom. The number of unbranched alkanes of at least 4 members (excludes halogenated alkanes) is 4. The molecule has 1 aliphatic heterocycles. The number of likely N-dealkylation sites (tertiary alicyclic amines) is 1. The van der Waals surface area contributed by atoms with Crippen LogP contribution >= 0.6 is 0 Å². The number of nitrogens with zero attached hydrogens (tertiary/aromatic N) is 1. The van der Waals surface area contributed by atoms with E-state index in [9.17, 15) is 9.59 Å². The second kappa shape index (κ2) is 13.6. The number of hydrogen-bond acceptors (Lipinski definition) is 4. The molecule has 2 N–H and O–H groups in total. The lowest BCUT2D eigenvalue weighted by molar-refractivity contribution is -0.114. The highest BCUT2D eigenvalue weighted by Crippen LogP contribution is 2.20. The third kappa shape index (κ3) is 8.40. The Kier molecular flexibility index (Phi) is 10.3. The fourth-order valence-electron chi connectivity index (χ4n) is 4.07. The highest BCUT2D eigenvalue weighted by molar-refractivity contribution is 5.96. The number of carbonyl (C=O) groups is 2. The van der Waals surface area contributed by atoms with E-state index in [2.05, 4.69) is 24.5 Å². The third-order valence-electron chi connectivity index (χ3n) is 6.29. The van der Waals surface area contributed by atoms with Crippen LogP contribution in [0.3, 0.4) is 0 Å². The SMILES string of the molecule is CCCCCCCOc1ccc(NC(=O)CNc2cccc(C(=O)N3CCC(C)CC3)c2)cc1. The van der Waals surface area contributed by atoms with Crippen molar-refractivity contribution in [1.82, 2.24) is 4.90 Å². The number of rotatable bonds is 12. The Morgan fingerprint density at radius 2 is 1.71 bits per heavy atom. The molecule has 34 heavy (non-hydrogen) atoms. The molecule has 0 bridgehead atoms. The van der Waals surface area contributed by atoms with Crippen LogP contribution in [0.5, 0.6) is 5.75 Å². The molecule has 0 aromatic heterocycles. The highest BCUT2D eigenvalue weighted by Gasteiger charge is 2.21. The van der Waals surface area contributed by atoms with E-state index in [-0.39, 0.29) is 18.4 Å². The standard InChI is InChI=1S/C28H39N3O3/c1-3-4-5-6-7-19-34-26-13-11-24(12-14-26)30-27(32)21-29-25-10-8-9-23(20-25)28(33)31-17-15-22(2)16-18-31/h8-14,20,22,29H,3-7,15-19,21H2,1-2H3,(H,30,32). The van der Waals surface area contributed by atoms with Gasteiger partial charge in [-0.15, -0.1) is 0 Å². The fraction of sp³-hybridized carbons (Fsp3) is 0.500. The molecule has 2 aromatic carbocycles. The van der Waals surface area contributed by atoms with Crippen LogP contribution in [0.1, 0.15) is 69.2 Å². The van der Waals surface area contributed by atoms with E-state index >= 15 is 0 Å². The third-order valence-corrected chi connectivity index (χ3v) is 6.29. The molecular weight excluding hydrogens is 426 g/mol. The first-order valence-electron chi connectivity index (χ1n) is 12.7. The zero-order valence-electron chi connectivity index (χ0n) is 20.6. The molecule has 1 saturated heterocycles. The summed E-state index contributed by atoms with van der Waals surface area (Å²) in [5.41, 5.74) is 2.14. The van der Waals surface area contributed by atoms with Crippen LogP contribution in [0, 0.1) is 5.92 Å². The van der Waals surface area contributed by atoms with Crippen LogP contribution in [-0.4, -0.2) is 43.0 Å². The molecule has 0 unspecified atom stereocenters. The lowest BCUT2D eigenvalue weighted by atomic mass is 9.98. The summed E-state index contributed by atoms with van der Waals surface area (Å²) in [5.74, 6) is 1.41. The van der Waals surface area contributed by atoms with E-state index in [1.54, 1.807) is 0 Å². The van der Waals surface area contributed by atoms with Crippen molar-refractivity contribution in [1.29, 1.82) is 0 Å². The average Bonchev–Trinajstić information content (AvgIpc) is 2.86. The average molecular weight is 466 g/mol. The minimum atomic E-state index is -0.147. The predicted octanol–water partition coefficient (Wildman–Crippen LogP) is 5.96. The number of piperidine rings is 1. The molecule has 0 radical (unpaired) electrons. The van der Waals surface area contributed by atoms with E-state index in [0.29, 0.717) is 11.5 Å². The van der Waals surface area contributed by atoms with Gasteiger partial charge in [0.2, 0.25) is 5.91 Å². The first-order chi connectivity index (χ1) is 16.5. The molecule has 1 heterocycles. The summed E-state index contributed by atoms with van der Waals surface area (Å²) in [6.45, 7) is 6.90. The van der Waals surface area contributed by atoms with Gasteiger partial charge in [0.25, 0.3) is 5.91 Å². The van der Waals surface area contributed by atoms with Crippen LogP contribution < -0.4 is 15.4 Å². The summed E-state index contributed by atoms with van der Waals surface area (Å²) in [7, 11) is 0. The van der Waals surface area contributed by atoms with Crippen molar-refractivity contribution in [3.63, 3.8) is 0 Å². The zero-order valence-corrected chi connectivity index (χ0v) is 20.6. The lowest BCUT2D eigenvalue weighted by Gasteiger charge is -2.30. The number of nitrogens with one attached hydrogen (secondary N) is 2. The highest BCUT2D eigenvalue weighted by atomic mass is 16.5. The van der Waals surface area contributed by atoms with Gasteiger partial charge >= 0.3 is 0 Å². The van der Waals surface area contributed by atoms with E-state index < -0.39 is 0 Å². The van der Waals surface area contributed by atoms with Crippen molar-refractivity contribution in [3.8, 4) is 5.75 Å². The number of carbonyl (C=O) groups excluding carboxylic acids is 2. The van der Waals surface area contributed by atoms with Crippen LogP contribution in [0.15, 0.2) is 48.5 Å². The summed E-state index contributed by atoms with van der Waals surface area (Å²) in [6, 6.07) is 14.8. The maximum Gasteiger partial charge on any atom is 0.253 e. The summed E-state index contributed by atoms with van der Waals surface area (Å²) >= 11 is 0. The molecule has 3 rings (SSSR count). The van der Waals surface area contributed by atoms with Crippen molar-refractivity contribution in [2.75, 3.05) is 36.9 Å². The van der Waals surface area contributed by atoms with Gasteiger partial charge < -0.3 is 20.3 Å². The largest absolute Gasteiger partial charge is 0.494 e. The van der Waals surface area contributed by atoms with Crippen molar-refractivity contribution >= 4 is 23.2 Å². The molecule has 1 fully saturated rings. The van der Waals surface area contributed by atoms with Gasteiger partial charge in [-0.1, -0.05) is 45.6 Å². The maximum absolute atomic E-state index is 12.8. The number of ether oxygens (including phenoxy) is 1. The predicted molar refractivity (Wildman–Crippen MR) is 139 cm³/mol. The van der Waals surface area contributed by atoms with Gasteiger partial charge in [-0.3, -0.25) is 9.59 Å². The van der Waals surface area contributed by atoms with E-state index in [4.69, 9.17) is 4.74 Å². The van der Waals surface area contributed by atoms with Gasteiger partial charge in [-0.2, -0.15) is 0 Å². The Morgan fingerprint density at radius 3 is 2.44 bits per heavy atom. The quantitative estimate of drug-likeness (QED) is 0.380. The number of benzene rings is 2. The summed E-state index contributed by atoms with van der Waals surface area (Å²) < 4.78 is 5.77. The van der Waals surface area contributed by atoms with Gasteiger partial charge in [-0.25, -0.2) is 0 Å². The molecule has 1 aliphatic rings. The molecule has 6 heteroatoms. The monoisotopic (exact) mass is 465 g/mol. The normalized spacial score (nSPS) is 14.0. The number of hydrogen-bond donors (Lipinski definition) is 2. The van der Waals surface area contributed by atoms with Crippen LogP contribution in [-0.2, 0) is 4.79 Å². The van der Waals surface area contributed by atoms with E-state index in [1.807, 2.05) is 53.4 Å². The van der Waals surface area contributed by atoms with Crippen LogP contribution in [0.4, 0.5) is 11.4 Å². The molecule has 2 aromatic rings. The van der Waals surface area contributed by atoms with Crippen molar-refractivity contribution in [3.05, 3.63) is 54.1 Å². The molecule has 184 valence electrons. The Labute approximate surface area is 204 Å². The lowest BCUT2D eigenvalue weighted by Crippen LogP contribution is -2.37. The van der Waals surface area contributed by atoms with Gasteiger partial charge in [0.05, 0.1) is 13.2 Å². The summed E-state index contributed by atoms with van der Waals surface area (Å²) in [6.07, 6.45) is 8.15. The van der Waals surface area contributed by atoms with E-state index in [1.165, 1.54) is 25.7 Å². The minimum absolute atomic E-state index is 0.0586. The van der Waals surface area contributed by atoms with Crippen molar-refractivity contribution in [2.45, 2.75) is 58.8 Å². The minimum Gasteiger partial charge on any atom is -0.494 e. The number of amides is 2. The van der Waals surface area contributed by atoms with Crippen LogP contribution in [0.2, 0.25) is 0 Å². The van der Waals surface area contributed by atoms with Gasteiger partial charge in [0.15, 0.2) is 0 Å². The second-order valence-corrected chi connectivity index (χ2v) is 9.24. The zero-order chi connectivity index (χ0) is 24.2. The molecule has 0 aliphatic carbocycles. The second-order valence-electron chi connectivity index (χ2n) is 9.24. The first-order valence-corrected chi connectivity index (χ1v) is 12.7. The molecule has 0 saturated carbocycles. The Balaban J connectivity index is 1.41. The molecule has 0 atom stereocenters. The molecular formula is C28H39N3O3. The molecule has 0 spiro atoms. The first kappa shape index (κ1) is 25.6. The summed E-state index contributed by atoms with van der Waals surface area (Å²) in [4.78, 5) is 27.1. The van der Waals surface area contributed by atoms with Crippen LogP contribution in [0.25, 0.3) is 0 Å². The summed E-state index contributed by atoms with van der Waals surface area (Å²) in [5, 5.41) is 6.01. The Bertz CT molecular complexity index is 905. The molecule has 2 amide bonds. The van der Waals surface area contributed by atoms with Crippen molar-refractivity contribution < 1.29 is 14.3 Å². The smallest absolute Gasteiger partial charge is 0.253 e. The van der Waals surface area contributed by atoms with Gasteiger partial charge in [0.1, 0.15) is 5.75 Å². The maximum atomic E-state index is 12.8. The topological polar surface area (TPSA) is 70.7 Å². The number of anilines is 2. The van der Waals surface area contributed by atoms with Gasteiger partial charge in [0, 0.05) is 30.0 Å². The molecule has 6 nitrogen and oxygen atoms in total. The van der Waals surface area contributed by atoms with E-state index in [0.717, 1.165) is 56.1 Å². The Hall–Kier alpha value is -3.02. The van der Waals surface area contributed by atoms with Crippen molar-refractivity contribution in [2.24, 2.45) is 5.92 Å². The van der Waals surface area contributed by atoms with Gasteiger partial charge in [-0.05, 0) is 67.6 Å². The fourth-order valence-corrected chi connectivity index (χ4v) is 4.07.